The van der Waals surface area contributed by atoms with Gasteiger partial charge in [0.1, 0.15) is 0 Å². The number of fused-ring (bicyclic) bond motifs is 3. The molecule has 0 spiro atoms. The van der Waals surface area contributed by atoms with E-state index >= 15 is 0 Å². The Balaban J connectivity index is 1.75. The molecule has 1 aromatic carbocycles. The van der Waals surface area contributed by atoms with Crippen LogP contribution in [-0.4, -0.2) is 58.4 Å². The Kier molecular flexibility index (Phi) is 3.83. The van der Waals surface area contributed by atoms with Crippen LogP contribution in [0.5, 0.6) is 0 Å². The van der Waals surface area contributed by atoms with Crippen LogP contribution in [0.3, 0.4) is 0 Å². The number of aliphatic imine (C=N–C) groups is 1. The van der Waals surface area contributed by atoms with Gasteiger partial charge < -0.3 is 9.80 Å². The molecule has 3 heterocycles. The van der Waals surface area contributed by atoms with Crippen LogP contribution in [0.15, 0.2) is 47.7 Å². The molecule has 0 saturated carbocycles. The highest BCUT2D eigenvalue weighted by Gasteiger charge is 2.54. The number of anilines is 1. The predicted octanol–water partition coefficient (Wildman–Crippen LogP) is 2.43. The molecule has 2 unspecified atom stereocenters. The lowest BCUT2D eigenvalue weighted by atomic mass is 10.1. The second-order valence-electron chi connectivity index (χ2n) is 7.22. The van der Waals surface area contributed by atoms with E-state index in [0.29, 0.717) is 5.96 Å². The highest BCUT2D eigenvalue weighted by Crippen LogP contribution is 2.37. The zero-order chi connectivity index (χ0) is 19.5. The molecule has 1 saturated heterocycles. The average Bonchev–Trinajstić information content (AvgIpc) is 3.12. The van der Waals surface area contributed by atoms with Crippen LogP contribution < -0.4 is 4.90 Å². The molecule has 0 aromatic heterocycles. The smallest absolute Gasteiger partial charge is 0.302 e. The first kappa shape index (κ1) is 17.3. The first-order valence-corrected chi connectivity index (χ1v) is 8.96. The van der Waals surface area contributed by atoms with Gasteiger partial charge in [-0.25, -0.2) is 9.79 Å². The Bertz CT molecular complexity index is 919. The third-order valence-electron chi connectivity index (χ3n) is 5.29. The van der Waals surface area contributed by atoms with Gasteiger partial charge in [0.15, 0.2) is 12.2 Å². The van der Waals surface area contributed by atoms with E-state index in [1.807, 2.05) is 18.0 Å². The summed E-state index contributed by atoms with van der Waals surface area (Å²) in [6.07, 6.45) is 2.98. The minimum atomic E-state index is -0.548. The van der Waals surface area contributed by atoms with Gasteiger partial charge in [-0.15, -0.1) is 6.58 Å². The fourth-order valence-electron chi connectivity index (χ4n) is 4.01. The standard InChI is InChI=1S/C20H23N5O2/c1-6-9-23-18(26)16-17(22(5)20(23)27)21-19-24(16)11-14(4)25(19)15-8-7-12(2)10-13(15)3/h6-8,10-11,16-17H,1,9H2,2-5H3. The number of allylic oxidation sites excluding steroid dienone is 1. The number of aryl methyl sites for hydroxylation is 2. The number of urea groups is 1. The number of nitrogens with zero attached hydrogens (tertiary/aromatic N) is 5. The van der Waals surface area contributed by atoms with Crippen LogP contribution in [0.25, 0.3) is 0 Å². The average molecular weight is 365 g/mol. The molecule has 1 fully saturated rings. The summed E-state index contributed by atoms with van der Waals surface area (Å²) in [6, 6.07) is 5.36. The monoisotopic (exact) mass is 365 g/mol. The van der Waals surface area contributed by atoms with Gasteiger partial charge >= 0.3 is 6.03 Å². The number of guanidine groups is 1. The molecule has 7 nitrogen and oxygen atoms in total. The first-order chi connectivity index (χ1) is 12.8. The molecule has 27 heavy (non-hydrogen) atoms. The maximum absolute atomic E-state index is 13.0. The summed E-state index contributed by atoms with van der Waals surface area (Å²) in [5.74, 6) is 0.441. The number of likely N-dealkylation sites (N-methyl/N-ethyl adjacent to an activating group) is 1. The fraction of sp³-hybridized carbons (Fsp3) is 0.350. The first-order valence-electron chi connectivity index (χ1n) is 8.96. The minimum absolute atomic E-state index is 0.192. The van der Waals surface area contributed by atoms with E-state index in [-0.39, 0.29) is 18.5 Å². The van der Waals surface area contributed by atoms with Crippen molar-refractivity contribution in [2.45, 2.75) is 33.0 Å². The van der Waals surface area contributed by atoms with E-state index in [0.717, 1.165) is 16.9 Å². The maximum atomic E-state index is 13.0. The van der Waals surface area contributed by atoms with Crippen molar-refractivity contribution in [1.82, 2.24) is 14.7 Å². The topological polar surface area (TPSA) is 59.5 Å². The molecular weight excluding hydrogens is 342 g/mol. The molecule has 0 radical (unpaired) electrons. The molecule has 0 N–H and O–H groups in total. The number of hydrogen-bond donors (Lipinski definition) is 0. The van der Waals surface area contributed by atoms with Gasteiger partial charge in [0.2, 0.25) is 5.96 Å². The van der Waals surface area contributed by atoms with Crippen molar-refractivity contribution in [3.05, 3.63) is 53.9 Å². The third-order valence-corrected chi connectivity index (χ3v) is 5.29. The van der Waals surface area contributed by atoms with Crippen molar-refractivity contribution in [3.63, 3.8) is 0 Å². The fourth-order valence-corrected chi connectivity index (χ4v) is 4.01. The second kappa shape index (κ2) is 5.97. The number of benzene rings is 1. The molecule has 140 valence electrons. The lowest BCUT2D eigenvalue weighted by molar-refractivity contribution is -0.136. The summed E-state index contributed by atoms with van der Waals surface area (Å²) >= 11 is 0. The molecule has 2 atom stereocenters. The zero-order valence-corrected chi connectivity index (χ0v) is 16.0. The van der Waals surface area contributed by atoms with E-state index in [1.54, 1.807) is 13.1 Å². The van der Waals surface area contributed by atoms with Crippen LogP contribution in [-0.2, 0) is 4.79 Å². The van der Waals surface area contributed by atoms with Gasteiger partial charge in [-0.05, 0) is 32.4 Å². The lowest BCUT2D eigenvalue weighted by Gasteiger charge is -2.39. The Hall–Kier alpha value is -3.09. The normalized spacial score (nSPS) is 24.1. The molecule has 0 aliphatic carbocycles. The van der Waals surface area contributed by atoms with E-state index in [9.17, 15) is 9.59 Å². The van der Waals surface area contributed by atoms with Crippen LogP contribution in [0.2, 0.25) is 0 Å². The van der Waals surface area contributed by atoms with Crippen LogP contribution >= 0.6 is 0 Å². The summed E-state index contributed by atoms with van der Waals surface area (Å²) in [5, 5.41) is 0. The highest BCUT2D eigenvalue weighted by molar-refractivity contribution is 6.10. The molecule has 7 heteroatoms. The molecular formula is C20H23N5O2. The Morgan fingerprint density at radius 1 is 1.22 bits per heavy atom. The van der Waals surface area contributed by atoms with E-state index in [1.165, 1.54) is 15.4 Å². The second-order valence-corrected chi connectivity index (χ2v) is 7.22. The predicted molar refractivity (Wildman–Crippen MR) is 104 cm³/mol. The van der Waals surface area contributed by atoms with E-state index in [4.69, 9.17) is 4.99 Å². The number of imide groups is 1. The Morgan fingerprint density at radius 3 is 2.63 bits per heavy atom. The van der Waals surface area contributed by atoms with Crippen molar-refractivity contribution < 1.29 is 9.59 Å². The Morgan fingerprint density at radius 2 is 1.96 bits per heavy atom. The Labute approximate surface area is 158 Å². The van der Waals surface area contributed by atoms with Crippen molar-refractivity contribution in [2.75, 3.05) is 18.5 Å². The summed E-state index contributed by atoms with van der Waals surface area (Å²) in [4.78, 5) is 37.1. The highest BCUT2D eigenvalue weighted by atomic mass is 16.2. The maximum Gasteiger partial charge on any atom is 0.328 e. The quantitative estimate of drug-likeness (QED) is 0.772. The molecule has 3 amide bonds. The summed E-state index contributed by atoms with van der Waals surface area (Å²) in [5.41, 5.74) is 4.34. The molecule has 4 rings (SSSR count). The van der Waals surface area contributed by atoms with Crippen LogP contribution in [0.4, 0.5) is 10.5 Å². The van der Waals surface area contributed by atoms with Crippen LogP contribution in [0, 0.1) is 13.8 Å². The van der Waals surface area contributed by atoms with Gasteiger partial charge in [-0.1, -0.05) is 23.8 Å². The molecule has 3 aliphatic heterocycles. The van der Waals surface area contributed by atoms with E-state index < -0.39 is 12.2 Å². The van der Waals surface area contributed by atoms with Gasteiger partial charge in [0.25, 0.3) is 5.91 Å². The van der Waals surface area contributed by atoms with Crippen molar-refractivity contribution >= 4 is 23.6 Å². The van der Waals surface area contributed by atoms with Crippen molar-refractivity contribution in [3.8, 4) is 0 Å². The molecule has 3 aliphatic rings. The van der Waals surface area contributed by atoms with Crippen LogP contribution in [0.1, 0.15) is 18.1 Å². The number of rotatable bonds is 3. The largest absolute Gasteiger partial charge is 0.328 e. The minimum Gasteiger partial charge on any atom is -0.302 e. The van der Waals surface area contributed by atoms with Gasteiger partial charge in [-0.2, -0.15) is 0 Å². The lowest BCUT2D eigenvalue weighted by Crippen LogP contribution is -2.64. The van der Waals surface area contributed by atoms with Gasteiger partial charge in [0.05, 0.1) is 5.69 Å². The SMILES string of the molecule is C=CCN1C(=O)C2C(N=C3N(c4ccc(C)cc4C)C(C)=CN32)N(C)C1=O. The number of hydrogen-bond acceptors (Lipinski definition) is 5. The number of carbonyl (C=O) groups excluding carboxylic acids is 2. The van der Waals surface area contributed by atoms with Crippen molar-refractivity contribution in [2.24, 2.45) is 4.99 Å². The molecule has 0 bridgehead atoms. The van der Waals surface area contributed by atoms with E-state index in [2.05, 4.69) is 43.5 Å². The number of amides is 3. The summed E-state index contributed by atoms with van der Waals surface area (Å²) in [6.45, 7) is 9.97. The van der Waals surface area contributed by atoms with Gasteiger partial charge in [-0.3, -0.25) is 14.6 Å². The zero-order valence-electron chi connectivity index (χ0n) is 16.0. The molecule has 1 aromatic rings. The summed E-state index contributed by atoms with van der Waals surface area (Å²) < 4.78 is 0. The summed E-state index contributed by atoms with van der Waals surface area (Å²) in [7, 11) is 1.69. The van der Waals surface area contributed by atoms with Gasteiger partial charge in [0, 0.05) is 25.5 Å². The third kappa shape index (κ3) is 2.38. The number of carbonyl (C=O) groups is 2. The van der Waals surface area contributed by atoms with Crippen molar-refractivity contribution in [1.29, 1.82) is 0 Å².